The third-order valence-corrected chi connectivity index (χ3v) is 1.98. The first kappa shape index (κ1) is 8.75. The Morgan fingerprint density at radius 3 is 2.92 bits per heavy atom. The third kappa shape index (κ3) is 2.07. The molecule has 0 radical (unpaired) electrons. The molecule has 0 unspecified atom stereocenters. The summed E-state index contributed by atoms with van der Waals surface area (Å²) in [6, 6.07) is 2.10. The second-order valence-electron chi connectivity index (χ2n) is 2.46. The number of thiazole rings is 1. The third-order valence-electron chi connectivity index (χ3n) is 1.17. The number of nitriles is 1. The van der Waals surface area contributed by atoms with Crippen LogP contribution in [0.15, 0.2) is 17.8 Å². The van der Waals surface area contributed by atoms with Crippen LogP contribution < -0.4 is 0 Å². The highest BCUT2D eigenvalue weighted by Crippen LogP contribution is 2.15. The first-order valence-corrected chi connectivity index (χ1v) is 4.30. The first-order valence-electron chi connectivity index (χ1n) is 3.42. The average Bonchev–Trinajstić information content (AvgIpc) is 2.51. The van der Waals surface area contributed by atoms with Crippen LogP contribution in [0, 0.1) is 11.3 Å². The number of allylic oxidation sites excluding steroid dienone is 1. The fourth-order valence-corrected chi connectivity index (χ4v) is 1.34. The van der Waals surface area contributed by atoms with Crippen LogP contribution in [0.5, 0.6) is 0 Å². The van der Waals surface area contributed by atoms with Gasteiger partial charge in [0.2, 0.25) is 0 Å². The summed E-state index contributed by atoms with van der Waals surface area (Å²) in [6.45, 7) is 0. The van der Waals surface area contributed by atoms with Gasteiger partial charge in [0, 0.05) is 31.9 Å². The lowest BCUT2D eigenvalue weighted by Gasteiger charge is -2.03. The van der Waals surface area contributed by atoms with E-state index in [1.165, 1.54) is 11.3 Å². The highest BCUT2D eigenvalue weighted by molar-refractivity contribution is 7.10. The van der Waals surface area contributed by atoms with Crippen LogP contribution in [-0.2, 0) is 0 Å². The smallest absolute Gasteiger partial charge is 0.135 e. The predicted octanol–water partition coefficient (Wildman–Crippen LogP) is 1.57. The molecule has 0 saturated carbocycles. The molecule has 62 valence electrons. The summed E-state index contributed by atoms with van der Waals surface area (Å²) in [5, 5.41) is 11.4. The van der Waals surface area contributed by atoms with Gasteiger partial charge in [0.15, 0.2) is 0 Å². The second-order valence-corrected chi connectivity index (χ2v) is 3.35. The largest absolute Gasteiger partial charge is 0.382 e. The van der Waals surface area contributed by atoms with Crippen LogP contribution in [0.3, 0.4) is 0 Å². The maximum Gasteiger partial charge on any atom is 0.135 e. The average molecular weight is 179 g/mol. The zero-order valence-electron chi connectivity index (χ0n) is 6.98. The van der Waals surface area contributed by atoms with Gasteiger partial charge in [-0.05, 0) is 0 Å². The Balaban J connectivity index is 2.93. The lowest BCUT2D eigenvalue weighted by atomic mass is 10.3. The van der Waals surface area contributed by atoms with Crippen LogP contribution in [0.25, 0.3) is 5.57 Å². The standard InChI is InChI=1S/C8H9N3S/c1-11(2)6-7(5-9)8-10-3-4-12-8/h3-4,6H,1-2H3/b7-6-. The molecule has 0 fully saturated rings. The summed E-state index contributed by atoms with van der Waals surface area (Å²) in [5.74, 6) is 0. The van der Waals surface area contributed by atoms with Gasteiger partial charge in [0.25, 0.3) is 0 Å². The maximum absolute atomic E-state index is 8.77. The molecular weight excluding hydrogens is 170 g/mol. The van der Waals surface area contributed by atoms with Gasteiger partial charge in [-0.1, -0.05) is 0 Å². The topological polar surface area (TPSA) is 39.9 Å². The lowest BCUT2D eigenvalue weighted by molar-refractivity contribution is 0.566. The highest BCUT2D eigenvalue weighted by atomic mass is 32.1. The Bertz CT molecular complexity index is 306. The van der Waals surface area contributed by atoms with Crippen molar-refractivity contribution < 1.29 is 0 Å². The summed E-state index contributed by atoms with van der Waals surface area (Å²) < 4.78 is 0. The molecule has 12 heavy (non-hydrogen) atoms. The summed E-state index contributed by atoms with van der Waals surface area (Å²) in [5.41, 5.74) is 0.606. The van der Waals surface area contributed by atoms with Gasteiger partial charge in [0.1, 0.15) is 16.6 Å². The predicted molar refractivity (Wildman–Crippen MR) is 49.4 cm³/mol. The molecular formula is C8H9N3S. The van der Waals surface area contributed by atoms with E-state index in [0.29, 0.717) is 5.57 Å². The molecule has 3 nitrogen and oxygen atoms in total. The molecule has 1 aromatic rings. The molecule has 0 aliphatic carbocycles. The quantitative estimate of drug-likeness (QED) is 0.647. The van der Waals surface area contributed by atoms with Crippen molar-refractivity contribution in [3.05, 3.63) is 22.8 Å². The van der Waals surface area contributed by atoms with Gasteiger partial charge in [-0.25, -0.2) is 4.98 Å². The number of hydrogen-bond acceptors (Lipinski definition) is 4. The molecule has 4 heteroatoms. The highest BCUT2D eigenvalue weighted by Gasteiger charge is 2.02. The Hall–Kier alpha value is -1.34. The number of rotatable bonds is 2. The van der Waals surface area contributed by atoms with Crippen molar-refractivity contribution in [2.24, 2.45) is 0 Å². The van der Waals surface area contributed by atoms with Crippen LogP contribution in [0.1, 0.15) is 5.01 Å². The van der Waals surface area contributed by atoms with Gasteiger partial charge < -0.3 is 4.90 Å². The van der Waals surface area contributed by atoms with Crippen molar-refractivity contribution in [1.82, 2.24) is 9.88 Å². The minimum absolute atomic E-state index is 0.606. The summed E-state index contributed by atoms with van der Waals surface area (Å²) in [6.07, 6.45) is 3.46. The monoisotopic (exact) mass is 179 g/mol. The Labute approximate surface area is 75.6 Å². The molecule has 0 bridgehead atoms. The minimum atomic E-state index is 0.606. The Kier molecular flexibility index (Phi) is 2.83. The molecule has 1 rings (SSSR count). The van der Waals surface area contributed by atoms with Crippen LogP contribution in [0.2, 0.25) is 0 Å². The zero-order valence-corrected chi connectivity index (χ0v) is 7.80. The van der Waals surface area contributed by atoms with E-state index < -0.39 is 0 Å². The first-order chi connectivity index (χ1) is 5.74. The Morgan fingerprint density at radius 2 is 2.50 bits per heavy atom. The molecule has 0 atom stereocenters. The summed E-state index contributed by atoms with van der Waals surface area (Å²) >= 11 is 1.47. The summed E-state index contributed by atoms with van der Waals surface area (Å²) in [4.78, 5) is 5.87. The van der Waals surface area contributed by atoms with E-state index in [0.717, 1.165) is 5.01 Å². The molecule has 0 spiro atoms. The molecule has 0 N–H and O–H groups in total. The molecule has 0 aromatic carbocycles. The number of hydrogen-bond donors (Lipinski definition) is 0. The zero-order chi connectivity index (χ0) is 8.97. The fraction of sp³-hybridized carbons (Fsp3) is 0.250. The number of aromatic nitrogens is 1. The van der Waals surface area contributed by atoms with Crippen LogP contribution in [-0.4, -0.2) is 24.0 Å². The molecule has 0 amide bonds. The van der Waals surface area contributed by atoms with E-state index in [-0.39, 0.29) is 0 Å². The normalized spacial score (nSPS) is 10.9. The fourth-order valence-electron chi connectivity index (χ4n) is 0.747. The van der Waals surface area contributed by atoms with Crippen molar-refractivity contribution in [1.29, 1.82) is 5.26 Å². The number of nitrogens with zero attached hydrogens (tertiary/aromatic N) is 3. The van der Waals surface area contributed by atoms with E-state index in [2.05, 4.69) is 11.1 Å². The van der Waals surface area contributed by atoms with Crippen molar-refractivity contribution in [2.45, 2.75) is 0 Å². The van der Waals surface area contributed by atoms with Crippen LogP contribution in [0.4, 0.5) is 0 Å². The van der Waals surface area contributed by atoms with Crippen molar-refractivity contribution in [3.63, 3.8) is 0 Å². The van der Waals surface area contributed by atoms with E-state index in [9.17, 15) is 0 Å². The SMILES string of the molecule is CN(C)/C=C(/C#N)c1nccs1. The maximum atomic E-state index is 8.77. The van der Waals surface area contributed by atoms with Gasteiger partial charge in [-0.2, -0.15) is 5.26 Å². The van der Waals surface area contributed by atoms with E-state index in [1.54, 1.807) is 12.4 Å². The van der Waals surface area contributed by atoms with E-state index in [4.69, 9.17) is 5.26 Å². The van der Waals surface area contributed by atoms with Gasteiger partial charge in [-0.3, -0.25) is 0 Å². The molecule has 1 aromatic heterocycles. The van der Waals surface area contributed by atoms with E-state index >= 15 is 0 Å². The molecule has 0 aliphatic heterocycles. The van der Waals surface area contributed by atoms with Crippen molar-refractivity contribution >= 4 is 16.9 Å². The summed E-state index contributed by atoms with van der Waals surface area (Å²) in [7, 11) is 3.76. The lowest BCUT2D eigenvalue weighted by Crippen LogP contribution is -2.01. The molecule has 0 saturated heterocycles. The Morgan fingerprint density at radius 1 is 1.75 bits per heavy atom. The van der Waals surface area contributed by atoms with Gasteiger partial charge >= 0.3 is 0 Å². The minimum Gasteiger partial charge on any atom is -0.382 e. The molecule has 1 heterocycles. The molecule has 0 aliphatic rings. The van der Waals surface area contributed by atoms with Crippen molar-refractivity contribution in [2.75, 3.05) is 14.1 Å². The van der Waals surface area contributed by atoms with Gasteiger partial charge in [0.05, 0.1) is 0 Å². The van der Waals surface area contributed by atoms with Crippen molar-refractivity contribution in [3.8, 4) is 6.07 Å². The van der Waals surface area contributed by atoms with Crippen LogP contribution >= 0.6 is 11.3 Å². The van der Waals surface area contributed by atoms with E-state index in [1.807, 2.05) is 24.4 Å². The van der Waals surface area contributed by atoms with Gasteiger partial charge in [-0.15, -0.1) is 11.3 Å². The second kappa shape index (κ2) is 3.88.